The molecular formula is C36H42FN5O9. The standard InChI is InChI=1S/C36H42FN5O9/c1-35(2,3)50-33(44)39-32(40-34(45)51-36(4,5)6)38-18-16-23-10-13-27(14-11-23)48-19-17-30-31(43)41(28-21-25(37)12-15-29(28)49-30)22-24-8-7-9-26(20-24)42(46)47/h7-15,20-21,30H,16-19,22H2,1-6H3,(H2,38,39,40,44,45). The van der Waals surface area contributed by atoms with E-state index in [1.165, 1.54) is 41.3 Å². The van der Waals surface area contributed by atoms with E-state index in [0.29, 0.717) is 23.5 Å². The number of nitrogens with one attached hydrogen (secondary N) is 2. The molecule has 4 rings (SSSR count). The van der Waals surface area contributed by atoms with Crippen molar-refractivity contribution in [3.05, 3.63) is 93.8 Å². The summed E-state index contributed by atoms with van der Waals surface area (Å²) >= 11 is 0. The average molecular weight is 708 g/mol. The molecule has 0 saturated carbocycles. The van der Waals surface area contributed by atoms with Crippen LogP contribution in [-0.4, -0.2) is 59.4 Å². The van der Waals surface area contributed by atoms with E-state index in [9.17, 15) is 28.9 Å². The number of aliphatic imine (C=N–C) groups is 1. The van der Waals surface area contributed by atoms with Crippen LogP contribution in [0, 0.1) is 15.9 Å². The minimum atomic E-state index is -0.934. The fourth-order valence-corrected chi connectivity index (χ4v) is 4.84. The summed E-state index contributed by atoms with van der Waals surface area (Å²) in [6, 6.07) is 17.0. The summed E-state index contributed by atoms with van der Waals surface area (Å²) in [7, 11) is 0. The van der Waals surface area contributed by atoms with Crippen molar-refractivity contribution in [2.45, 2.75) is 78.2 Å². The monoisotopic (exact) mass is 707 g/mol. The first-order valence-corrected chi connectivity index (χ1v) is 16.2. The Balaban J connectivity index is 1.34. The molecule has 1 atom stereocenters. The van der Waals surface area contributed by atoms with Crippen molar-refractivity contribution in [3.8, 4) is 11.5 Å². The van der Waals surface area contributed by atoms with Crippen LogP contribution < -0.4 is 25.0 Å². The molecule has 15 heteroatoms. The summed E-state index contributed by atoms with van der Waals surface area (Å²) in [4.78, 5) is 54.6. The molecular weight excluding hydrogens is 665 g/mol. The number of amides is 3. The first-order valence-electron chi connectivity index (χ1n) is 16.2. The van der Waals surface area contributed by atoms with E-state index in [1.54, 1.807) is 59.7 Å². The third kappa shape index (κ3) is 12.0. The van der Waals surface area contributed by atoms with Gasteiger partial charge in [-0.05, 0) is 83.4 Å². The fourth-order valence-electron chi connectivity index (χ4n) is 4.84. The van der Waals surface area contributed by atoms with Crippen molar-refractivity contribution in [2.24, 2.45) is 4.99 Å². The lowest BCUT2D eigenvalue weighted by molar-refractivity contribution is -0.384. The van der Waals surface area contributed by atoms with Gasteiger partial charge < -0.3 is 23.8 Å². The zero-order chi connectivity index (χ0) is 37.3. The Labute approximate surface area is 295 Å². The van der Waals surface area contributed by atoms with Crippen molar-refractivity contribution in [3.63, 3.8) is 0 Å². The van der Waals surface area contributed by atoms with Gasteiger partial charge in [-0.2, -0.15) is 0 Å². The third-order valence-corrected chi connectivity index (χ3v) is 6.97. The first-order chi connectivity index (χ1) is 24.0. The summed E-state index contributed by atoms with van der Waals surface area (Å²) < 4.78 is 36.5. The number of hydrogen-bond donors (Lipinski definition) is 2. The molecule has 1 unspecified atom stereocenters. The highest BCUT2D eigenvalue weighted by Crippen LogP contribution is 2.36. The first kappa shape index (κ1) is 38.1. The van der Waals surface area contributed by atoms with Crippen molar-refractivity contribution >= 4 is 35.4 Å². The molecule has 51 heavy (non-hydrogen) atoms. The summed E-state index contributed by atoms with van der Waals surface area (Å²) in [6.45, 7) is 10.6. The van der Waals surface area contributed by atoms with Crippen LogP contribution >= 0.6 is 0 Å². The summed E-state index contributed by atoms with van der Waals surface area (Å²) in [6.07, 6.45) is -1.87. The van der Waals surface area contributed by atoms with Crippen molar-refractivity contribution < 1.29 is 42.6 Å². The maximum absolute atomic E-state index is 14.2. The number of alkyl carbamates (subject to hydrolysis) is 2. The number of halogens is 1. The number of non-ortho nitro benzene ring substituents is 1. The second-order valence-corrected chi connectivity index (χ2v) is 13.6. The molecule has 2 N–H and O–H groups in total. The maximum Gasteiger partial charge on any atom is 0.414 e. The quantitative estimate of drug-likeness (QED) is 0.104. The molecule has 0 aromatic heterocycles. The van der Waals surface area contributed by atoms with Crippen LogP contribution in [0.15, 0.2) is 71.7 Å². The number of fused-ring (bicyclic) bond motifs is 1. The van der Waals surface area contributed by atoms with Crippen LogP contribution in [0.5, 0.6) is 11.5 Å². The number of nitrogens with zero attached hydrogens (tertiary/aromatic N) is 3. The molecule has 3 aromatic rings. The molecule has 3 aromatic carbocycles. The Kier molecular flexibility index (Phi) is 12.2. The van der Waals surface area contributed by atoms with E-state index in [-0.39, 0.29) is 43.5 Å². The smallest absolute Gasteiger partial charge is 0.414 e. The van der Waals surface area contributed by atoms with Crippen LogP contribution in [0.3, 0.4) is 0 Å². The molecule has 0 radical (unpaired) electrons. The number of rotatable bonds is 10. The summed E-state index contributed by atoms with van der Waals surface area (Å²) in [5.74, 6) is -0.249. The minimum Gasteiger partial charge on any atom is -0.493 e. The largest absolute Gasteiger partial charge is 0.493 e. The highest BCUT2D eigenvalue weighted by molar-refractivity contribution is 6.01. The lowest BCUT2D eigenvalue weighted by Crippen LogP contribution is -2.47. The van der Waals surface area contributed by atoms with Gasteiger partial charge in [-0.15, -0.1) is 0 Å². The van der Waals surface area contributed by atoms with Gasteiger partial charge >= 0.3 is 12.2 Å². The fraction of sp³-hybridized carbons (Fsp3) is 0.389. The lowest BCUT2D eigenvalue weighted by Gasteiger charge is -2.34. The highest BCUT2D eigenvalue weighted by Gasteiger charge is 2.35. The molecule has 1 aliphatic rings. The molecule has 0 fully saturated rings. The maximum atomic E-state index is 14.2. The van der Waals surface area contributed by atoms with Gasteiger partial charge in [-0.1, -0.05) is 24.3 Å². The van der Waals surface area contributed by atoms with Gasteiger partial charge in [0, 0.05) is 31.2 Å². The van der Waals surface area contributed by atoms with Crippen LogP contribution in [0.2, 0.25) is 0 Å². The molecule has 1 aliphatic heterocycles. The molecule has 14 nitrogen and oxygen atoms in total. The third-order valence-electron chi connectivity index (χ3n) is 6.97. The van der Waals surface area contributed by atoms with Crippen LogP contribution in [0.1, 0.15) is 59.1 Å². The molecule has 3 amide bonds. The number of ether oxygens (including phenoxy) is 4. The number of carbonyl (C=O) groups excluding carboxylic acids is 3. The van der Waals surface area contributed by atoms with Gasteiger partial charge in [0.1, 0.15) is 28.5 Å². The van der Waals surface area contributed by atoms with Crippen LogP contribution in [0.25, 0.3) is 0 Å². The Hall–Kier alpha value is -5.73. The molecule has 0 spiro atoms. The number of guanidine groups is 1. The van der Waals surface area contributed by atoms with E-state index >= 15 is 0 Å². The predicted molar refractivity (Wildman–Crippen MR) is 186 cm³/mol. The second kappa shape index (κ2) is 16.3. The topological polar surface area (TPSA) is 171 Å². The average Bonchev–Trinajstić information content (AvgIpc) is 3.02. The Morgan fingerprint density at radius 3 is 2.20 bits per heavy atom. The second-order valence-electron chi connectivity index (χ2n) is 13.6. The number of carbonyl (C=O) groups is 3. The van der Waals surface area contributed by atoms with Crippen LogP contribution in [0.4, 0.5) is 25.4 Å². The van der Waals surface area contributed by atoms with Gasteiger partial charge in [0.05, 0.1) is 23.8 Å². The molecule has 0 aliphatic carbocycles. The molecule has 0 bridgehead atoms. The van der Waals surface area contributed by atoms with Gasteiger partial charge in [-0.25, -0.2) is 14.0 Å². The Morgan fingerprint density at radius 1 is 0.941 bits per heavy atom. The number of nitro groups is 1. The zero-order valence-corrected chi connectivity index (χ0v) is 29.4. The molecule has 272 valence electrons. The number of anilines is 1. The van der Waals surface area contributed by atoms with Crippen LogP contribution in [-0.2, 0) is 27.2 Å². The van der Waals surface area contributed by atoms with Crippen molar-refractivity contribution in [1.82, 2.24) is 10.6 Å². The Morgan fingerprint density at radius 2 is 1.59 bits per heavy atom. The summed E-state index contributed by atoms with van der Waals surface area (Å²) in [5.41, 5.74) is -0.00208. The minimum absolute atomic E-state index is 0.0151. The van der Waals surface area contributed by atoms with Crippen molar-refractivity contribution in [1.29, 1.82) is 0 Å². The molecule has 0 saturated heterocycles. The number of hydrogen-bond acceptors (Lipinski definition) is 10. The number of benzene rings is 3. The lowest BCUT2D eigenvalue weighted by atomic mass is 10.1. The SMILES string of the molecule is CC(C)(C)OC(=O)NC(=NCCc1ccc(OCCC2Oc3ccc(F)cc3N(Cc3cccc([N+](=O)[O-])c3)C2=O)cc1)NC(=O)OC(C)(C)C. The number of nitro benzene ring substituents is 1. The van der Waals surface area contributed by atoms with E-state index in [0.717, 1.165) is 5.56 Å². The Bertz CT molecular complexity index is 1740. The summed E-state index contributed by atoms with van der Waals surface area (Å²) in [5, 5.41) is 16.2. The van der Waals surface area contributed by atoms with E-state index < -0.39 is 46.1 Å². The van der Waals surface area contributed by atoms with E-state index in [2.05, 4.69) is 15.6 Å². The van der Waals surface area contributed by atoms with Gasteiger partial charge in [0.2, 0.25) is 5.96 Å². The zero-order valence-electron chi connectivity index (χ0n) is 29.4. The predicted octanol–water partition coefficient (Wildman–Crippen LogP) is 6.45. The van der Waals surface area contributed by atoms with E-state index in [4.69, 9.17) is 18.9 Å². The van der Waals surface area contributed by atoms with Gasteiger partial charge in [-0.3, -0.25) is 30.5 Å². The normalized spacial score (nSPS) is 14.1. The van der Waals surface area contributed by atoms with Gasteiger partial charge in [0.15, 0.2) is 6.10 Å². The van der Waals surface area contributed by atoms with Crippen molar-refractivity contribution in [2.75, 3.05) is 18.1 Å². The highest BCUT2D eigenvalue weighted by atomic mass is 19.1. The molecule has 1 heterocycles. The van der Waals surface area contributed by atoms with E-state index in [1.807, 2.05) is 12.1 Å². The van der Waals surface area contributed by atoms with Gasteiger partial charge in [0.25, 0.3) is 11.6 Å².